The molecule has 6 nitrogen and oxygen atoms in total. The van der Waals surface area contributed by atoms with Crippen molar-refractivity contribution in [1.82, 2.24) is 14.8 Å². The second kappa shape index (κ2) is 7.67. The van der Waals surface area contributed by atoms with E-state index in [2.05, 4.69) is 52.7 Å². The number of aromatic nitrogens is 3. The van der Waals surface area contributed by atoms with Crippen molar-refractivity contribution in [3.05, 3.63) is 106 Å². The molecule has 164 valence electrons. The summed E-state index contributed by atoms with van der Waals surface area (Å²) >= 11 is 6.40. The van der Waals surface area contributed by atoms with Gasteiger partial charge in [-0.15, -0.1) is 0 Å². The number of anilines is 1. The molecule has 1 N–H and O–H groups in total. The largest absolute Gasteiger partial charge is 0.497 e. The topological polar surface area (TPSA) is 61.2 Å². The zero-order chi connectivity index (χ0) is 22.5. The molecule has 0 bridgehead atoms. The molecule has 4 aromatic rings. The highest BCUT2D eigenvalue weighted by molar-refractivity contribution is 6.30. The Kier molecular flexibility index (Phi) is 4.62. The molecule has 2 atom stereocenters. The van der Waals surface area contributed by atoms with Gasteiger partial charge < -0.3 is 14.8 Å². The van der Waals surface area contributed by atoms with Crippen LogP contribution in [0.15, 0.2) is 78.6 Å². The molecule has 0 spiro atoms. The second-order valence-corrected chi connectivity index (χ2v) is 8.65. The van der Waals surface area contributed by atoms with Crippen LogP contribution in [0.5, 0.6) is 11.5 Å². The molecule has 2 aliphatic rings. The maximum atomic E-state index is 6.64. The van der Waals surface area contributed by atoms with Crippen LogP contribution in [0.4, 0.5) is 5.95 Å². The number of ether oxygens (including phenoxy) is 2. The number of methoxy groups -OCH3 is 1. The van der Waals surface area contributed by atoms with Crippen molar-refractivity contribution >= 4 is 23.2 Å². The molecule has 0 amide bonds. The highest BCUT2D eigenvalue weighted by atomic mass is 35.5. The van der Waals surface area contributed by atoms with E-state index in [0.29, 0.717) is 11.0 Å². The Morgan fingerprint density at radius 1 is 1.03 bits per heavy atom. The number of nitrogens with zero attached hydrogens (tertiary/aromatic N) is 3. The molecule has 0 saturated heterocycles. The first-order valence-electron chi connectivity index (χ1n) is 10.7. The molecule has 33 heavy (non-hydrogen) atoms. The number of halogens is 1. The van der Waals surface area contributed by atoms with Crippen LogP contribution in [0.25, 0.3) is 5.70 Å². The highest BCUT2D eigenvalue weighted by Crippen LogP contribution is 2.51. The molecule has 3 heterocycles. The Morgan fingerprint density at radius 3 is 2.70 bits per heavy atom. The van der Waals surface area contributed by atoms with E-state index in [9.17, 15) is 0 Å². The summed E-state index contributed by atoms with van der Waals surface area (Å²) in [4.78, 5) is 4.47. The van der Waals surface area contributed by atoms with Crippen molar-refractivity contribution in [2.75, 3.05) is 12.4 Å². The van der Waals surface area contributed by atoms with E-state index in [1.807, 2.05) is 41.1 Å². The van der Waals surface area contributed by atoms with Gasteiger partial charge in [0.2, 0.25) is 5.95 Å². The molecule has 6 rings (SSSR count). The summed E-state index contributed by atoms with van der Waals surface area (Å²) in [7, 11) is 1.67. The molecular weight excluding hydrogens is 436 g/mol. The third kappa shape index (κ3) is 3.26. The molecule has 0 fully saturated rings. The predicted molar refractivity (Wildman–Crippen MR) is 128 cm³/mol. The Hall–Kier alpha value is -3.77. The minimum absolute atomic E-state index is 0.206. The summed E-state index contributed by atoms with van der Waals surface area (Å²) < 4.78 is 14.1. The Bertz CT molecular complexity index is 1390. The zero-order valence-corrected chi connectivity index (χ0v) is 18.9. The fraction of sp³-hybridized carbons (Fsp3) is 0.154. The van der Waals surface area contributed by atoms with Gasteiger partial charge in [-0.05, 0) is 42.8 Å². The lowest BCUT2D eigenvalue weighted by Gasteiger charge is -2.39. The summed E-state index contributed by atoms with van der Waals surface area (Å²) in [5.74, 6) is 2.21. The Morgan fingerprint density at radius 2 is 1.88 bits per heavy atom. The van der Waals surface area contributed by atoms with Gasteiger partial charge in [0.05, 0.1) is 12.8 Å². The lowest BCUT2D eigenvalue weighted by molar-refractivity contribution is 0.222. The molecule has 7 heteroatoms. The number of aryl methyl sites for hydroxylation is 1. The molecule has 2 aliphatic heterocycles. The SMILES string of the molecule is COc1cccc([C@H]2Oc3ccc(Cl)cc3C3=C2[C@@H](c2ccc(C)cc2)n2ncnc2N3)c1. The van der Waals surface area contributed by atoms with Gasteiger partial charge in [0.1, 0.15) is 30.0 Å². The van der Waals surface area contributed by atoms with Crippen LogP contribution in [0.2, 0.25) is 5.02 Å². The van der Waals surface area contributed by atoms with Crippen molar-refractivity contribution in [3.8, 4) is 11.5 Å². The average molecular weight is 457 g/mol. The molecule has 0 unspecified atom stereocenters. The summed E-state index contributed by atoms with van der Waals surface area (Å²) in [6.07, 6.45) is 1.21. The van der Waals surface area contributed by atoms with E-state index < -0.39 is 0 Å². The smallest absolute Gasteiger partial charge is 0.226 e. The van der Waals surface area contributed by atoms with E-state index in [4.69, 9.17) is 21.1 Å². The van der Waals surface area contributed by atoms with Crippen LogP contribution < -0.4 is 14.8 Å². The van der Waals surface area contributed by atoms with Crippen molar-refractivity contribution < 1.29 is 9.47 Å². The number of hydrogen-bond donors (Lipinski definition) is 1. The van der Waals surface area contributed by atoms with E-state index in [1.54, 1.807) is 13.4 Å². The van der Waals surface area contributed by atoms with Crippen LogP contribution in [-0.2, 0) is 0 Å². The van der Waals surface area contributed by atoms with Gasteiger partial charge >= 0.3 is 0 Å². The predicted octanol–water partition coefficient (Wildman–Crippen LogP) is 5.81. The monoisotopic (exact) mass is 456 g/mol. The van der Waals surface area contributed by atoms with E-state index in [1.165, 1.54) is 5.56 Å². The first-order valence-corrected chi connectivity index (χ1v) is 11.1. The molecular formula is C26H21ClN4O2. The van der Waals surface area contributed by atoms with Crippen LogP contribution in [0.3, 0.4) is 0 Å². The van der Waals surface area contributed by atoms with Crippen molar-refractivity contribution in [3.63, 3.8) is 0 Å². The summed E-state index contributed by atoms with van der Waals surface area (Å²) in [5.41, 5.74) is 6.18. The second-order valence-electron chi connectivity index (χ2n) is 8.21. The van der Waals surface area contributed by atoms with Crippen LogP contribution in [0, 0.1) is 6.92 Å². The molecule has 0 radical (unpaired) electrons. The van der Waals surface area contributed by atoms with Gasteiger partial charge in [-0.2, -0.15) is 10.1 Å². The molecule has 3 aromatic carbocycles. The molecule has 1 aromatic heterocycles. The van der Waals surface area contributed by atoms with Crippen LogP contribution in [-0.4, -0.2) is 21.9 Å². The maximum Gasteiger partial charge on any atom is 0.226 e. The highest BCUT2D eigenvalue weighted by Gasteiger charge is 2.41. The fourth-order valence-electron chi connectivity index (χ4n) is 4.59. The maximum absolute atomic E-state index is 6.64. The number of nitrogens with one attached hydrogen (secondary N) is 1. The van der Waals surface area contributed by atoms with Gasteiger partial charge in [0.25, 0.3) is 0 Å². The Labute approximate surface area is 196 Å². The minimum Gasteiger partial charge on any atom is -0.497 e. The number of benzene rings is 3. The van der Waals surface area contributed by atoms with Gasteiger partial charge in [-0.3, -0.25) is 0 Å². The first-order chi connectivity index (χ1) is 16.1. The fourth-order valence-corrected chi connectivity index (χ4v) is 4.76. The van der Waals surface area contributed by atoms with E-state index in [0.717, 1.165) is 39.5 Å². The third-order valence-electron chi connectivity index (χ3n) is 6.17. The number of hydrogen-bond acceptors (Lipinski definition) is 5. The van der Waals surface area contributed by atoms with Gasteiger partial charge in [0, 0.05) is 21.7 Å². The van der Waals surface area contributed by atoms with Crippen LogP contribution in [0.1, 0.15) is 34.4 Å². The Balaban J connectivity index is 1.63. The van der Waals surface area contributed by atoms with Gasteiger partial charge in [0.15, 0.2) is 0 Å². The van der Waals surface area contributed by atoms with Gasteiger partial charge in [-0.25, -0.2) is 4.68 Å². The quantitative estimate of drug-likeness (QED) is 0.421. The van der Waals surface area contributed by atoms with Crippen LogP contribution >= 0.6 is 11.6 Å². The summed E-state index contributed by atoms with van der Waals surface area (Å²) in [6.45, 7) is 2.08. The van der Waals surface area contributed by atoms with Crippen molar-refractivity contribution in [1.29, 1.82) is 0 Å². The van der Waals surface area contributed by atoms with E-state index in [-0.39, 0.29) is 12.1 Å². The summed E-state index contributed by atoms with van der Waals surface area (Å²) in [5, 5.41) is 8.71. The first kappa shape index (κ1) is 19.9. The number of rotatable bonds is 3. The van der Waals surface area contributed by atoms with Gasteiger partial charge in [-0.1, -0.05) is 53.6 Å². The molecule has 0 saturated carbocycles. The lowest BCUT2D eigenvalue weighted by Crippen LogP contribution is -2.32. The average Bonchev–Trinajstić information content (AvgIpc) is 3.31. The third-order valence-corrected chi connectivity index (χ3v) is 6.40. The van der Waals surface area contributed by atoms with Crippen molar-refractivity contribution in [2.45, 2.75) is 19.1 Å². The summed E-state index contributed by atoms with van der Waals surface area (Å²) in [6, 6.07) is 22.0. The normalized spacial score (nSPS) is 18.5. The zero-order valence-electron chi connectivity index (χ0n) is 18.1. The standard InChI is InChI=1S/C26H21ClN4O2/c1-15-6-8-16(9-7-15)24-22-23(30-26-28-14-29-31(24)26)20-13-18(27)10-11-21(20)33-25(22)17-4-3-5-19(12-17)32-2/h3-14,24-25H,1-2H3,(H,28,29,30)/t24-,25-/m1/s1. The van der Waals surface area contributed by atoms with Crippen molar-refractivity contribution in [2.24, 2.45) is 0 Å². The molecule has 0 aliphatic carbocycles. The minimum atomic E-state index is -0.361. The van der Waals surface area contributed by atoms with E-state index >= 15 is 0 Å². The number of fused-ring (bicyclic) bond motifs is 3. The lowest BCUT2D eigenvalue weighted by atomic mass is 9.84.